The summed E-state index contributed by atoms with van der Waals surface area (Å²) < 4.78 is 2.72. The lowest BCUT2D eigenvalue weighted by atomic mass is 10.1. The summed E-state index contributed by atoms with van der Waals surface area (Å²) in [7, 11) is 0. The number of ketones is 2. The molecule has 0 bridgehead atoms. The van der Waals surface area contributed by atoms with E-state index < -0.39 is 0 Å². The van der Waals surface area contributed by atoms with E-state index in [1.165, 1.54) is 17.7 Å². The molecule has 170 valence electrons. The number of thioether (sulfide) groups is 2. The molecule has 2 nitrogen and oxygen atoms in total. The van der Waals surface area contributed by atoms with Crippen molar-refractivity contribution in [2.24, 2.45) is 0 Å². The molecule has 0 aliphatic carbocycles. The Morgan fingerprint density at radius 3 is 1.74 bits per heavy atom. The van der Waals surface area contributed by atoms with E-state index in [2.05, 4.69) is 44.0 Å². The van der Waals surface area contributed by atoms with Crippen molar-refractivity contribution in [1.29, 1.82) is 0 Å². The average Bonchev–Trinajstić information content (AvgIpc) is 3.34. The van der Waals surface area contributed by atoms with Crippen LogP contribution in [-0.2, 0) is 9.59 Å². The molecule has 0 N–H and O–H groups in total. The van der Waals surface area contributed by atoms with Crippen LogP contribution in [0.4, 0.5) is 0 Å². The summed E-state index contributed by atoms with van der Waals surface area (Å²) in [4.78, 5) is 26.5. The van der Waals surface area contributed by atoms with Gasteiger partial charge in [0.15, 0.2) is 11.6 Å². The first-order valence-electron chi connectivity index (χ1n) is 10.5. The molecule has 1 fully saturated rings. The van der Waals surface area contributed by atoms with Crippen molar-refractivity contribution in [1.82, 2.24) is 0 Å². The fraction of sp³-hybridized carbons (Fsp3) is 0.0714. The monoisotopic (exact) mass is 610 g/mol. The van der Waals surface area contributed by atoms with Gasteiger partial charge in [-0.2, -0.15) is 0 Å². The van der Waals surface area contributed by atoms with Crippen LogP contribution in [0, 0.1) is 0 Å². The molecule has 0 amide bonds. The lowest BCUT2D eigenvalue weighted by molar-refractivity contribution is -0.116. The zero-order chi connectivity index (χ0) is 23.9. The van der Waals surface area contributed by atoms with Crippen molar-refractivity contribution in [3.63, 3.8) is 0 Å². The van der Waals surface area contributed by atoms with Gasteiger partial charge in [0, 0.05) is 19.9 Å². The molecule has 1 saturated heterocycles. The van der Waals surface area contributed by atoms with Crippen LogP contribution >= 0.6 is 55.4 Å². The second-order valence-corrected chi connectivity index (χ2v) is 11.8. The first-order valence-corrected chi connectivity index (χ1v) is 14.0. The van der Waals surface area contributed by atoms with E-state index in [1.807, 2.05) is 66.7 Å². The summed E-state index contributed by atoms with van der Waals surface area (Å²) >= 11 is 10.0. The maximum absolute atomic E-state index is 13.3. The van der Waals surface area contributed by atoms with Gasteiger partial charge in [-0.25, -0.2) is 0 Å². The number of benzene rings is 3. The minimum absolute atomic E-state index is 0.211. The molecule has 1 aliphatic heterocycles. The number of allylic oxidation sites excluding steroid dienone is 3. The summed E-state index contributed by atoms with van der Waals surface area (Å²) in [5.41, 5.74) is 3.22. The van der Waals surface area contributed by atoms with Crippen molar-refractivity contribution < 1.29 is 9.59 Å². The molecule has 1 aliphatic rings. The van der Waals surface area contributed by atoms with E-state index in [9.17, 15) is 9.59 Å². The second kappa shape index (κ2) is 12.0. The third-order valence-corrected chi connectivity index (χ3v) is 9.10. The molecule has 0 saturated carbocycles. The largest absolute Gasteiger partial charge is 0.289 e. The maximum Gasteiger partial charge on any atom is 0.191 e. The van der Waals surface area contributed by atoms with Crippen LogP contribution < -0.4 is 0 Å². The normalized spacial score (nSPS) is 15.8. The number of carbonyl (C=O) groups excluding carboxylic acids is 2. The van der Waals surface area contributed by atoms with Gasteiger partial charge in [0.05, 0.1) is 9.81 Å². The summed E-state index contributed by atoms with van der Waals surface area (Å²) in [5, 5.41) is 0.211. The Bertz CT molecular complexity index is 1190. The van der Waals surface area contributed by atoms with E-state index in [0.717, 1.165) is 30.1 Å². The smallest absolute Gasteiger partial charge is 0.191 e. The average molecular weight is 612 g/mol. The fourth-order valence-corrected chi connectivity index (χ4v) is 6.83. The van der Waals surface area contributed by atoms with Gasteiger partial charge < -0.3 is 0 Å². The fourth-order valence-electron chi connectivity index (χ4n) is 3.29. The molecule has 1 heterocycles. The number of hydrogen-bond donors (Lipinski definition) is 0. The minimum Gasteiger partial charge on any atom is -0.289 e. The molecule has 4 rings (SSSR count). The summed E-state index contributed by atoms with van der Waals surface area (Å²) in [5.74, 6) is 0.259. The first kappa shape index (κ1) is 25.0. The van der Waals surface area contributed by atoms with Crippen molar-refractivity contribution in [3.8, 4) is 0 Å². The molecular formula is C28H20Br2O2S2. The van der Waals surface area contributed by atoms with E-state index >= 15 is 0 Å². The zero-order valence-electron chi connectivity index (χ0n) is 18.0. The number of hydrogen-bond acceptors (Lipinski definition) is 4. The summed E-state index contributed by atoms with van der Waals surface area (Å²) in [6, 6.07) is 25.5. The van der Waals surface area contributed by atoms with Gasteiger partial charge in [0.2, 0.25) is 0 Å². The highest BCUT2D eigenvalue weighted by molar-refractivity contribution is 9.10. The molecule has 3 aromatic carbocycles. The summed E-state index contributed by atoms with van der Waals surface area (Å²) in [6.07, 6.45) is 6.49. The lowest BCUT2D eigenvalue weighted by Gasteiger charge is -2.08. The third-order valence-electron chi connectivity index (χ3n) is 5.08. The molecule has 6 heteroatoms. The third kappa shape index (κ3) is 6.72. The van der Waals surface area contributed by atoms with Crippen LogP contribution in [-0.4, -0.2) is 17.3 Å². The van der Waals surface area contributed by atoms with Gasteiger partial charge in [0.1, 0.15) is 0 Å². The Morgan fingerprint density at radius 1 is 0.735 bits per heavy atom. The molecular weight excluding hydrogens is 592 g/mol. The van der Waals surface area contributed by atoms with Crippen LogP contribution in [0.1, 0.15) is 21.9 Å². The highest BCUT2D eigenvalue weighted by atomic mass is 79.9. The molecule has 3 aromatic rings. The zero-order valence-corrected chi connectivity index (χ0v) is 22.8. The molecule has 1 unspecified atom stereocenters. The lowest BCUT2D eigenvalue weighted by Crippen LogP contribution is -2.10. The van der Waals surface area contributed by atoms with Crippen LogP contribution in [0.5, 0.6) is 0 Å². The minimum atomic E-state index is -0.280. The van der Waals surface area contributed by atoms with Crippen molar-refractivity contribution in [2.75, 3.05) is 5.75 Å². The molecule has 0 spiro atoms. The van der Waals surface area contributed by atoms with Gasteiger partial charge in [-0.15, -0.1) is 23.5 Å². The topological polar surface area (TPSA) is 34.1 Å². The Kier molecular flexibility index (Phi) is 8.84. The van der Waals surface area contributed by atoms with Gasteiger partial charge in [0.25, 0.3) is 0 Å². The second-order valence-electron chi connectivity index (χ2n) is 7.49. The van der Waals surface area contributed by atoms with E-state index in [0.29, 0.717) is 0 Å². The quantitative estimate of drug-likeness (QED) is 0.152. The number of carbonyl (C=O) groups is 2. The Morgan fingerprint density at radius 2 is 1.24 bits per heavy atom. The van der Waals surface area contributed by atoms with E-state index in [4.69, 9.17) is 0 Å². The van der Waals surface area contributed by atoms with Crippen LogP contribution in [0.2, 0.25) is 0 Å². The molecule has 0 aromatic heterocycles. The van der Waals surface area contributed by atoms with Crippen molar-refractivity contribution >= 4 is 79.1 Å². The molecule has 1 atom stereocenters. The maximum atomic E-state index is 13.3. The first-order chi connectivity index (χ1) is 16.5. The Balaban J connectivity index is 1.62. The predicted molar refractivity (Wildman–Crippen MR) is 153 cm³/mol. The van der Waals surface area contributed by atoms with Gasteiger partial charge in [-0.1, -0.05) is 98.6 Å². The van der Waals surface area contributed by atoms with Crippen molar-refractivity contribution in [2.45, 2.75) is 5.25 Å². The number of halogens is 2. The van der Waals surface area contributed by atoms with Crippen LogP contribution in [0.3, 0.4) is 0 Å². The molecule has 34 heavy (non-hydrogen) atoms. The highest BCUT2D eigenvalue weighted by Gasteiger charge is 2.29. The van der Waals surface area contributed by atoms with Crippen molar-refractivity contribution in [3.05, 3.63) is 126 Å². The molecule has 0 radical (unpaired) electrons. The SMILES string of the molecule is O=C(/C=C/c1ccc(Br)cc1)C(C(=O)/C=C/c1ccc(Br)cc1)=C1SCC(c2ccccc2)S1. The summed E-state index contributed by atoms with van der Waals surface area (Å²) in [6.45, 7) is 0. The van der Waals surface area contributed by atoms with E-state index in [1.54, 1.807) is 35.7 Å². The van der Waals surface area contributed by atoms with Crippen LogP contribution in [0.25, 0.3) is 12.2 Å². The Hall–Kier alpha value is -2.12. The highest BCUT2D eigenvalue weighted by Crippen LogP contribution is 2.51. The van der Waals surface area contributed by atoms with Gasteiger partial charge in [-0.05, 0) is 53.1 Å². The van der Waals surface area contributed by atoms with Crippen LogP contribution in [0.15, 0.2) is 110 Å². The Labute approximate surface area is 224 Å². The standard InChI is InChI=1S/C28H20Br2O2S2/c29-22-12-6-19(7-13-22)10-16-24(31)27(25(32)17-11-20-8-14-23(30)15-9-20)28-33-18-26(34-28)21-4-2-1-3-5-21/h1-17,26H,18H2/b16-10+,17-11+. The van der Waals surface area contributed by atoms with E-state index in [-0.39, 0.29) is 22.4 Å². The number of rotatable bonds is 7. The van der Waals surface area contributed by atoms with Gasteiger partial charge >= 0.3 is 0 Å². The van der Waals surface area contributed by atoms with Gasteiger partial charge in [-0.3, -0.25) is 9.59 Å². The predicted octanol–water partition coefficient (Wildman–Crippen LogP) is 8.51.